The molecule has 0 heterocycles. The molecule has 5 heteroatoms. The molecule has 0 bridgehead atoms. The highest BCUT2D eigenvalue weighted by molar-refractivity contribution is 6.28. The number of halogens is 1. The summed E-state index contributed by atoms with van der Waals surface area (Å²) in [6.07, 6.45) is 0.568. The van der Waals surface area contributed by atoms with Crippen molar-refractivity contribution in [1.82, 2.24) is 10.6 Å². The van der Waals surface area contributed by atoms with Gasteiger partial charge in [0, 0.05) is 13.0 Å². The van der Waals surface area contributed by atoms with E-state index in [0.29, 0.717) is 13.0 Å². The van der Waals surface area contributed by atoms with Crippen molar-refractivity contribution in [2.75, 3.05) is 12.4 Å². The van der Waals surface area contributed by atoms with Gasteiger partial charge in [0.05, 0.1) is 0 Å². The third-order valence-corrected chi connectivity index (χ3v) is 1.33. The number of hydrogen-bond acceptors (Lipinski definition) is 2. The molecule has 13 heavy (non-hydrogen) atoms. The first-order valence-corrected chi connectivity index (χ1v) is 4.27. The maximum Gasteiger partial charge on any atom is 0.321 e. The zero-order chi connectivity index (χ0) is 10.1. The van der Waals surface area contributed by atoms with Gasteiger partial charge in [-0.15, -0.1) is 23.4 Å². The molecule has 0 unspecified atom stereocenters. The Labute approximate surface area is 82.0 Å². The van der Waals surface area contributed by atoms with E-state index in [-0.39, 0.29) is 5.88 Å². The van der Waals surface area contributed by atoms with E-state index in [2.05, 4.69) is 17.2 Å². The lowest BCUT2D eigenvalue weighted by Crippen LogP contribution is -2.40. The lowest BCUT2D eigenvalue weighted by molar-refractivity contribution is -0.117. The second-order valence-corrected chi connectivity index (χ2v) is 2.38. The quantitative estimate of drug-likeness (QED) is 0.397. The molecule has 0 saturated carbocycles. The Balaban J connectivity index is 3.50. The van der Waals surface area contributed by atoms with Crippen molar-refractivity contribution in [1.29, 1.82) is 0 Å². The van der Waals surface area contributed by atoms with Gasteiger partial charge in [0.25, 0.3) is 0 Å². The lowest BCUT2D eigenvalue weighted by atomic mass is 10.4. The molecule has 0 spiro atoms. The molecule has 0 aliphatic heterocycles. The van der Waals surface area contributed by atoms with Gasteiger partial charge in [-0.05, 0) is 6.92 Å². The van der Waals surface area contributed by atoms with Crippen molar-refractivity contribution in [3.8, 4) is 11.8 Å². The molecule has 0 aromatic rings. The molecule has 4 nitrogen and oxygen atoms in total. The first-order valence-electron chi connectivity index (χ1n) is 3.74. The van der Waals surface area contributed by atoms with Crippen LogP contribution >= 0.6 is 11.6 Å². The number of amides is 3. The summed E-state index contributed by atoms with van der Waals surface area (Å²) < 4.78 is 0. The molecule has 0 aliphatic carbocycles. The molecule has 0 fully saturated rings. The summed E-state index contributed by atoms with van der Waals surface area (Å²) in [6.45, 7) is 2.14. The number of hydrogen-bond donors (Lipinski definition) is 2. The van der Waals surface area contributed by atoms with Crippen molar-refractivity contribution < 1.29 is 9.59 Å². The number of carbonyl (C=O) groups excluding carboxylic acids is 2. The minimum absolute atomic E-state index is 0.220. The average molecular weight is 203 g/mol. The molecule has 0 aromatic heterocycles. The topological polar surface area (TPSA) is 58.2 Å². The number of urea groups is 1. The van der Waals surface area contributed by atoms with Crippen LogP contribution in [0, 0.1) is 11.8 Å². The summed E-state index contributed by atoms with van der Waals surface area (Å²) in [4.78, 5) is 21.4. The fraction of sp³-hybridized carbons (Fsp3) is 0.500. The Bertz CT molecular complexity index is 242. The third kappa shape index (κ3) is 7.16. The summed E-state index contributed by atoms with van der Waals surface area (Å²) in [6, 6.07) is -0.538. The van der Waals surface area contributed by atoms with E-state index in [1.54, 1.807) is 6.92 Å². The molecular formula is C8H11ClN2O2. The number of nitrogens with one attached hydrogen (secondary N) is 2. The van der Waals surface area contributed by atoms with Gasteiger partial charge in [-0.25, -0.2) is 4.79 Å². The van der Waals surface area contributed by atoms with Gasteiger partial charge in [0.15, 0.2) is 0 Å². The van der Waals surface area contributed by atoms with Crippen LogP contribution in [0.25, 0.3) is 0 Å². The van der Waals surface area contributed by atoms with Crippen molar-refractivity contribution >= 4 is 23.5 Å². The van der Waals surface area contributed by atoms with E-state index >= 15 is 0 Å². The summed E-state index contributed by atoms with van der Waals surface area (Å²) in [5.74, 6) is 4.72. The highest BCUT2D eigenvalue weighted by atomic mass is 35.5. The SMILES string of the molecule is CC#CCCNC(=O)NC(=O)CCl. The first-order chi connectivity index (χ1) is 6.20. The van der Waals surface area contributed by atoms with Gasteiger partial charge in [-0.2, -0.15) is 0 Å². The highest BCUT2D eigenvalue weighted by Crippen LogP contribution is 1.76. The normalized spacial score (nSPS) is 8.15. The minimum atomic E-state index is -0.538. The Morgan fingerprint density at radius 1 is 1.46 bits per heavy atom. The summed E-state index contributed by atoms with van der Waals surface area (Å²) in [7, 11) is 0. The Morgan fingerprint density at radius 2 is 2.15 bits per heavy atom. The second-order valence-electron chi connectivity index (χ2n) is 2.11. The Kier molecular flexibility index (Phi) is 6.75. The van der Waals surface area contributed by atoms with E-state index < -0.39 is 11.9 Å². The summed E-state index contributed by atoms with van der Waals surface area (Å²) >= 11 is 5.17. The largest absolute Gasteiger partial charge is 0.337 e. The number of imide groups is 1. The molecule has 2 N–H and O–H groups in total. The van der Waals surface area contributed by atoms with E-state index in [1.165, 1.54) is 0 Å². The fourth-order valence-electron chi connectivity index (χ4n) is 0.568. The van der Waals surface area contributed by atoms with Crippen molar-refractivity contribution in [3.05, 3.63) is 0 Å². The third-order valence-electron chi connectivity index (χ3n) is 1.09. The van der Waals surface area contributed by atoms with E-state index in [0.717, 1.165) is 0 Å². The van der Waals surface area contributed by atoms with Crippen LogP contribution in [0.1, 0.15) is 13.3 Å². The maximum absolute atomic E-state index is 10.8. The van der Waals surface area contributed by atoms with Crippen LogP contribution in [-0.2, 0) is 4.79 Å². The van der Waals surface area contributed by atoms with Crippen LogP contribution in [0.3, 0.4) is 0 Å². The number of carbonyl (C=O) groups is 2. The monoisotopic (exact) mass is 202 g/mol. The molecule has 0 saturated heterocycles. The lowest BCUT2D eigenvalue weighted by Gasteiger charge is -2.02. The van der Waals surface area contributed by atoms with Crippen molar-refractivity contribution in [2.24, 2.45) is 0 Å². The Morgan fingerprint density at radius 3 is 2.69 bits per heavy atom. The smallest absolute Gasteiger partial charge is 0.321 e. The minimum Gasteiger partial charge on any atom is -0.337 e. The molecule has 0 rings (SSSR count). The zero-order valence-electron chi connectivity index (χ0n) is 7.32. The molecular weight excluding hydrogens is 192 g/mol. The molecule has 3 amide bonds. The van der Waals surface area contributed by atoms with Gasteiger partial charge in [0.2, 0.25) is 5.91 Å². The van der Waals surface area contributed by atoms with Gasteiger partial charge in [0.1, 0.15) is 5.88 Å². The van der Waals surface area contributed by atoms with E-state index in [9.17, 15) is 9.59 Å². The van der Waals surface area contributed by atoms with Crippen molar-refractivity contribution in [2.45, 2.75) is 13.3 Å². The predicted octanol–water partition coefficient (Wildman–Crippen LogP) is 0.464. The van der Waals surface area contributed by atoms with Crippen LogP contribution in [-0.4, -0.2) is 24.4 Å². The molecule has 72 valence electrons. The number of alkyl halides is 1. The predicted molar refractivity (Wildman–Crippen MR) is 50.3 cm³/mol. The van der Waals surface area contributed by atoms with Crippen LogP contribution in [0.2, 0.25) is 0 Å². The maximum atomic E-state index is 10.8. The van der Waals surface area contributed by atoms with Gasteiger partial charge in [-0.1, -0.05) is 0 Å². The molecule has 0 radical (unpaired) electrons. The summed E-state index contributed by atoms with van der Waals surface area (Å²) in [5, 5.41) is 4.49. The fourth-order valence-corrected chi connectivity index (χ4v) is 0.635. The van der Waals surface area contributed by atoms with Crippen LogP contribution in [0.4, 0.5) is 4.79 Å². The van der Waals surface area contributed by atoms with Gasteiger partial charge >= 0.3 is 6.03 Å². The van der Waals surface area contributed by atoms with Crippen LogP contribution in [0.15, 0.2) is 0 Å². The second kappa shape index (κ2) is 7.44. The Hall–Kier alpha value is -1.21. The molecule has 0 aliphatic rings. The van der Waals surface area contributed by atoms with Gasteiger partial charge in [-0.3, -0.25) is 10.1 Å². The number of rotatable bonds is 3. The van der Waals surface area contributed by atoms with E-state index in [4.69, 9.17) is 11.6 Å². The van der Waals surface area contributed by atoms with Gasteiger partial charge < -0.3 is 5.32 Å². The van der Waals surface area contributed by atoms with Crippen molar-refractivity contribution in [3.63, 3.8) is 0 Å². The molecule has 0 aromatic carbocycles. The van der Waals surface area contributed by atoms with Crippen LogP contribution < -0.4 is 10.6 Å². The first kappa shape index (κ1) is 11.8. The summed E-state index contributed by atoms with van der Waals surface area (Å²) in [5.41, 5.74) is 0. The van der Waals surface area contributed by atoms with Crippen LogP contribution in [0.5, 0.6) is 0 Å². The standard InChI is InChI=1S/C8H11ClN2O2/c1-2-3-4-5-10-8(13)11-7(12)6-9/h4-6H2,1H3,(H2,10,11,12,13). The highest BCUT2D eigenvalue weighted by Gasteiger charge is 2.03. The average Bonchev–Trinajstić information content (AvgIpc) is 2.12. The molecule has 0 atom stereocenters. The van der Waals surface area contributed by atoms with E-state index in [1.807, 2.05) is 5.32 Å². The zero-order valence-corrected chi connectivity index (χ0v) is 8.07.